The maximum absolute atomic E-state index is 8.36. The average molecular weight is 243 g/mol. The van der Waals surface area contributed by atoms with Crippen molar-refractivity contribution in [2.45, 2.75) is 6.61 Å². The van der Waals surface area contributed by atoms with Crippen molar-refractivity contribution < 1.29 is 9.94 Å². The molecule has 0 spiro atoms. The third-order valence-corrected chi connectivity index (χ3v) is 2.26. The molecule has 0 atom stereocenters. The van der Waals surface area contributed by atoms with E-state index in [9.17, 15) is 0 Å². The monoisotopic (exact) mass is 243 g/mol. The summed E-state index contributed by atoms with van der Waals surface area (Å²) < 4.78 is 5.61. The van der Waals surface area contributed by atoms with Crippen LogP contribution in [0.25, 0.3) is 0 Å². The van der Waals surface area contributed by atoms with Crippen LogP contribution in [0.4, 0.5) is 5.69 Å². The second-order valence-electron chi connectivity index (χ2n) is 3.53. The van der Waals surface area contributed by atoms with Crippen molar-refractivity contribution in [1.82, 2.24) is 10.5 Å². The number of aromatic nitrogens is 1. The summed E-state index contributed by atoms with van der Waals surface area (Å²) in [6, 6.07) is 11.1. The van der Waals surface area contributed by atoms with E-state index in [2.05, 4.69) is 9.98 Å². The van der Waals surface area contributed by atoms with Crippen LogP contribution in [0, 0.1) is 0 Å². The zero-order valence-electron chi connectivity index (χ0n) is 9.65. The van der Waals surface area contributed by atoms with Crippen LogP contribution in [0.3, 0.4) is 0 Å². The number of hydroxylamine groups is 1. The molecule has 5 heteroatoms. The smallest absolute Gasteiger partial charge is 0.119 e. The third-order valence-electron chi connectivity index (χ3n) is 2.26. The third kappa shape index (κ3) is 3.57. The molecule has 0 radical (unpaired) electrons. The van der Waals surface area contributed by atoms with Gasteiger partial charge in [0.15, 0.2) is 0 Å². The molecule has 1 aromatic carbocycles. The molecule has 0 aliphatic rings. The van der Waals surface area contributed by atoms with Gasteiger partial charge < -0.3 is 4.74 Å². The first-order valence-corrected chi connectivity index (χ1v) is 5.42. The highest BCUT2D eigenvalue weighted by Gasteiger charge is 1.95. The molecule has 18 heavy (non-hydrogen) atoms. The first-order valence-electron chi connectivity index (χ1n) is 5.42. The Balaban J connectivity index is 1.92. The Morgan fingerprint density at radius 3 is 2.56 bits per heavy atom. The van der Waals surface area contributed by atoms with Crippen LogP contribution in [0.2, 0.25) is 0 Å². The summed E-state index contributed by atoms with van der Waals surface area (Å²) >= 11 is 0. The molecule has 0 saturated heterocycles. The molecule has 1 heterocycles. The molecule has 0 saturated carbocycles. The summed E-state index contributed by atoms with van der Waals surface area (Å²) in [4.78, 5) is 7.88. The van der Waals surface area contributed by atoms with Crippen LogP contribution in [-0.2, 0) is 6.61 Å². The van der Waals surface area contributed by atoms with Crippen molar-refractivity contribution in [3.05, 3.63) is 54.4 Å². The SMILES string of the molecule is ONC=Nc1ccc(OCc2ccncc2)cc1. The van der Waals surface area contributed by atoms with Gasteiger partial charge in [-0.05, 0) is 42.0 Å². The van der Waals surface area contributed by atoms with Gasteiger partial charge in [-0.25, -0.2) is 4.99 Å². The normalized spacial score (nSPS) is 10.5. The lowest BCUT2D eigenvalue weighted by Gasteiger charge is -2.05. The van der Waals surface area contributed by atoms with Crippen LogP contribution < -0.4 is 10.2 Å². The molecule has 0 unspecified atom stereocenters. The van der Waals surface area contributed by atoms with Gasteiger partial charge in [-0.1, -0.05) is 0 Å². The van der Waals surface area contributed by atoms with Crippen LogP contribution in [0.1, 0.15) is 5.56 Å². The van der Waals surface area contributed by atoms with E-state index in [1.807, 2.05) is 29.7 Å². The highest BCUT2D eigenvalue weighted by atomic mass is 16.5. The molecular weight excluding hydrogens is 230 g/mol. The maximum Gasteiger partial charge on any atom is 0.119 e. The number of nitrogens with one attached hydrogen (secondary N) is 1. The summed E-state index contributed by atoms with van der Waals surface area (Å²) in [5.41, 5.74) is 3.64. The largest absolute Gasteiger partial charge is 0.489 e. The number of benzene rings is 1. The molecule has 0 aliphatic carbocycles. The van der Waals surface area contributed by atoms with Gasteiger partial charge in [-0.2, -0.15) is 0 Å². The topological polar surface area (TPSA) is 66.7 Å². The Kier molecular flexibility index (Phi) is 4.27. The molecule has 0 bridgehead atoms. The van der Waals surface area contributed by atoms with Crippen LogP contribution in [0.15, 0.2) is 53.8 Å². The van der Waals surface area contributed by atoms with E-state index < -0.39 is 0 Å². The zero-order chi connectivity index (χ0) is 12.6. The summed E-state index contributed by atoms with van der Waals surface area (Å²) in [5.74, 6) is 0.766. The average Bonchev–Trinajstić information content (AvgIpc) is 2.45. The molecule has 2 rings (SSSR count). The Morgan fingerprint density at radius 1 is 1.17 bits per heavy atom. The minimum absolute atomic E-state index is 0.503. The number of aliphatic imine (C=N–C) groups is 1. The highest BCUT2D eigenvalue weighted by molar-refractivity contribution is 5.59. The number of rotatable bonds is 5. The predicted molar refractivity (Wildman–Crippen MR) is 68.1 cm³/mol. The highest BCUT2D eigenvalue weighted by Crippen LogP contribution is 2.18. The molecule has 92 valence electrons. The minimum atomic E-state index is 0.503. The molecule has 0 fully saturated rings. The second kappa shape index (κ2) is 6.36. The van der Waals surface area contributed by atoms with Crippen molar-refractivity contribution in [2.75, 3.05) is 0 Å². The van der Waals surface area contributed by atoms with Gasteiger partial charge in [0.05, 0.1) is 5.69 Å². The van der Waals surface area contributed by atoms with E-state index in [4.69, 9.17) is 9.94 Å². The first kappa shape index (κ1) is 12.1. The van der Waals surface area contributed by atoms with Gasteiger partial charge in [0.1, 0.15) is 18.7 Å². The number of hydrogen-bond acceptors (Lipinski definition) is 4. The molecule has 2 aromatic rings. The van der Waals surface area contributed by atoms with Crippen molar-refractivity contribution >= 4 is 12.0 Å². The zero-order valence-corrected chi connectivity index (χ0v) is 9.65. The standard InChI is InChI=1S/C13H13N3O2/c17-16-10-15-12-1-3-13(4-2-12)18-9-11-5-7-14-8-6-11/h1-8,10,17H,9H2,(H,15,16). The quantitative estimate of drug-likeness (QED) is 0.480. The molecule has 1 aromatic heterocycles. The molecule has 0 aliphatic heterocycles. The van der Waals surface area contributed by atoms with Crippen LogP contribution in [-0.4, -0.2) is 16.5 Å². The van der Waals surface area contributed by atoms with E-state index >= 15 is 0 Å². The number of ether oxygens (including phenoxy) is 1. The number of nitrogens with zero attached hydrogens (tertiary/aromatic N) is 2. The lowest BCUT2D eigenvalue weighted by atomic mass is 10.3. The van der Waals surface area contributed by atoms with Gasteiger partial charge >= 0.3 is 0 Å². The number of pyridine rings is 1. The molecule has 2 N–H and O–H groups in total. The summed E-state index contributed by atoms with van der Waals surface area (Å²) in [6.45, 7) is 0.503. The molecular formula is C13H13N3O2. The maximum atomic E-state index is 8.36. The van der Waals surface area contributed by atoms with Gasteiger partial charge in [0.2, 0.25) is 0 Å². The lowest BCUT2D eigenvalue weighted by Crippen LogP contribution is -2.00. The fraction of sp³-hybridized carbons (Fsp3) is 0.0769. The van der Waals surface area contributed by atoms with Crippen molar-refractivity contribution in [2.24, 2.45) is 4.99 Å². The van der Waals surface area contributed by atoms with E-state index in [0.717, 1.165) is 17.0 Å². The Labute approximate surface area is 105 Å². The van der Waals surface area contributed by atoms with Gasteiger partial charge in [-0.3, -0.25) is 15.7 Å². The lowest BCUT2D eigenvalue weighted by molar-refractivity contribution is 0.240. The molecule has 5 nitrogen and oxygen atoms in total. The Hall–Kier alpha value is -2.40. The van der Waals surface area contributed by atoms with E-state index in [0.29, 0.717) is 6.61 Å². The van der Waals surface area contributed by atoms with E-state index in [1.54, 1.807) is 24.5 Å². The first-order chi connectivity index (χ1) is 8.88. The molecule has 0 amide bonds. The van der Waals surface area contributed by atoms with Crippen LogP contribution in [0.5, 0.6) is 5.75 Å². The summed E-state index contributed by atoms with van der Waals surface area (Å²) in [6.07, 6.45) is 4.67. The van der Waals surface area contributed by atoms with Crippen molar-refractivity contribution in [3.63, 3.8) is 0 Å². The van der Waals surface area contributed by atoms with E-state index in [-0.39, 0.29) is 0 Å². The Bertz CT molecular complexity index is 497. The van der Waals surface area contributed by atoms with E-state index in [1.165, 1.54) is 6.34 Å². The fourth-order valence-electron chi connectivity index (χ4n) is 1.38. The summed E-state index contributed by atoms with van der Waals surface area (Å²) in [7, 11) is 0. The summed E-state index contributed by atoms with van der Waals surface area (Å²) in [5, 5.41) is 8.36. The van der Waals surface area contributed by atoms with Gasteiger partial charge in [-0.15, -0.1) is 0 Å². The minimum Gasteiger partial charge on any atom is -0.489 e. The van der Waals surface area contributed by atoms with Gasteiger partial charge in [0, 0.05) is 12.4 Å². The second-order valence-corrected chi connectivity index (χ2v) is 3.53. The van der Waals surface area contributed by atoms with Gasteiger partial charge in [0.25, 0.3) is 0 Å². The van der Waals surface area contributed by atoms with Crippen molar-refractivity contribution in [3.8, 4) is 5.75 Å². The van der Waals surface area contributed by atoms with Crippen LogP contribution >= 0.6 is 0 Å². The number of hydrogen-bond donors (Lipinski definition) is 2. The Morgan fingerprint density at radius 2 is 1.89 bits per heavy atom. The van der Waals surface area contributed by atoms with Crippen molar-refractivity contribution in [1.29, 1.82) is 0 Å². The fourth-order valence-corrected chi connectivity index (χ4v) is 1.38. The predicted octanol–water partition coefficient (Wildman–Crippen LogP) is 2.30.